The first kappa shape index (κ1) is 11.0. The number of hydrogen-bond donors (Lipinski definition) is 1. The molecule has 0 saturated heterocycles. The van der Waals surface area contributed by atoms with Crippen LogP contribution in [0.2, 0.25) is 0 Å². The highest BCUT2D eigenvalue weighted by Gasteiger charge is 1.89. The van der Waals surface area contributed by atoms with E-state index >= 15 is 0 Å². The van der Waals surface area contributed by atoms with Crippen LogP contribution in [0.4, 0.5) is 0 Å². The summed E-state index contributed by atoms with van der Waals surface area (Å²) in [6, 6.07) is 10.2. The number of benzene rings is 1. The van der Waals surface area contributed by atoms with Crippen molar-refractivity contribution in [1.82, 2.24) is 5.48 Å². The first-order chi connectivity index (χ1) is 6.79. The molecular weight excluding hydrogens is 174 g/mol. The molecule has 0 fully saturated rings. The molecule has 0 aliphatic rings. The number of nitrogens with one attached hydrogen (secondary N) is 1. The number of hydroxylamine groups is 1. The number of hydrogen-bond acceptors (Lipinski definition) is 2. The Kier molecular flexibility index (Phi) is 4.97. The van der Waals surface area contributed by atoms with E-state index in [1.54, 1.807) is 0 Å². The van der Waals surface area contributed by atoms with E-state index in [0.717, 1.165) is 6.54 Å². The molecule has 0 saturated carbocycles. The summed E-state index contributed by atoms with van der Waals surface area (Å²) in [7, 11) is 0. The zero-order valence-electron chi connectivity index (χ0n) is 8.79. The van der Waals surface area contributed by atoms with Crippen LogP contribution in [-0.4, -0.2) is 6.61 Å². The predicted molar refractivity (Wildman–Crippen MR) is 58.7 cm³/mol. The van der Waals surface area contributed by atoms with Gasteiger partial charge in [-0.2, -0.15) is 5.48 Å². The molecule has 76 valence electrons. The fourth-order valence-electron chi connectivity index (χ4n) is 0.997. The highest BCUT2D eigenvalue weighted by molar-refractivity contribution is 5.13. The standard InChI is InChI=1S/C12H17NO/c1-11(2)8-9-14-13-10-12-6-4-3-5-7-12/h3-8,13H,9-10H2,1-2H3. The SMILES string of the molecule is CC(C)=CCONCc1ccccc1. The van der Waals surface area contributed by atoms with Gasteiger partial charge in [0.25, 0.3) is 0 Å². The van der Waals surface area contributed by atoms with Gasteiger partial charge in [-0.05, 0) is 19.4 Å². The molecule has 2 nitrogen and oxygen atoms in total. The topological polar surface area (TPSA) is 21.3 Å². The zero-order chi connectivity index (χ0) is 10.2. The maximum absolute atomic E-state index is 5.22. The fraction of sp³-hybridized carbons (Fsp3) is 0.333. The zero-order valence-corrected chi connectivity index (χ0v) is 8.79. The van der Waals surface area contributed by atoms with E-state index in [-0.39, 0.29) is 0 Å². The summed E-state index contributed by atoms with van der Waals surface area (Å²) in [6.45, 7) is 5.48. The maximum atomic E-state index is 5.22. The average Bonchev–Trinajstić information content (AvgIpc) is 2.18. The molecular formula is C12H17NO. The molecule has 0 unspecified atom stereocenters. The van der Waals surface area contributed by atoms with Crippen LogP contribution in [0.15, 0.2) is 42.0 Å². The minimum Gasteiger partial charge on any atom is -0.297 e. The van der Waals surface area contributed by atoms with Gasteiger partial charge in [0, 0.05) is 6.54 Å². The van der Waals surface area contributed by atoms with E-state index in [0.29, 0.717) is 6.61 Å². The highest BCUT2D eigenvalue weighted by atomic mass is 16.6. The fourth-order valence-corrected chi connectivity index (χ4v) is 0.997. The van der Waals surface area contributed by atoms with Crippen molar-refractivity contribution in [2.24, 2.45) is 0 Å². The molecule has 1 rings (SSSR count). The summed E-state index contributed by atoms with van der Waals surface area (Å²) in [6.07, 6.45) is 2.04. The van der Waals surface area contributed by atoms with E-state index in [1.807, 2.05) is 24.3 Å². The predicted octanol–water partition coefficient (Wildman–Crippen LogP) is 2.67. The lowest BCUT2D eigenvalue weighted by molar-refractivity contribution is 0.0574. The molecule has 0 spiro atoms. The van der Waals surface area contributed by atoms with Crippen LogP contribution >= 0.6 is 0 Å². The smallest absolute Gasteiger partial charge is 0.0866 e. The molecule has 0 radical (unpaired) electrons. The highest BCUT2D eigenvalue weighted by Crippen LogP contribution is 1.97. The van der Waals surface area contributed by atoms with Crippen molar-refractivity contribution in [2.45, 2.75) is 20.4 Å². The molecule has 2 heteroatoms. The normalized spacial score (nSPS) is 9.86. The third-order valence-electron chi connectivity index (χ3n) is 1.80. The Bertz CT molecular complexity index is 276. The van der Waals surface area contributed by atoms with E-state index in [9.17, 15) is 0 Å². The molecule has 14 heavy (non-hydrogen) atoms. The summed E-state index contributed by atoms with van der Waals surface area (Å²) in [5, 5.41) is 0. The third kappa shape index (κ3) is 4.80. The lowest BCUT2D eigenvalue weighted by Gasteiger charge is -2.03. The Labute approximate surface area is 85.5 Å². The van der Waals surface area contributed by atoms with Gasteiger partial charge >= 0.3 is 0 Å². The van der Waals surface area contributed by atoms with E-state index in [4.69, 9.17) is 4.84 Å². The lowest BCUT2D eigenvalue weighted by Crippen LogP contribution is -2.13. The molecule has 1 N–H and O–H groups in total. The number of rotatable bonds is 5. The van der Waals surface area contributed by atoms with Crippen LogP contribution < -0.4 is 5.48 Å². The van der Waals surface area contributed by atoms with Crippen molar-refractivity contribution >= 4 is 0 Å². The first-order valence-electron chi connectivity index (χ1n) is 4.81. The molecule has 1 aromatic rings. The summed E-state index contributed by atoms with van der Waals surface area (Å²) >= 11 is 0. The monoisotopic (exact) mass is 191 g/mol. The molecule has 1 aromatic carbocycles. The van der Waals surface area contributed by atoms with Gasteiger partial charge in [-0.25, -0.2) is 0 Å². The van der Waals surface area contributed by atoms with Crippen LogP contribution in [0.5, 0.6) is 0 Å². The Hall–Kier alpha value is -1.12. The minimum absolute atomic E-state index is 0.620. The van der Waals surface area contributed by atoms with Crippen LogP contribution in [-0.2, 0) is 11.4 Å². The van der Waals surface area contributed by atoms with Crippen LogP contribution in [0.3, 0.4) is 0 Å². The molecule has 0 heterocycles. The van der Waals surface area contributed by atoms with E-state index < -0.39 is 0 Å². The largest absolute Gasteiger partial charge is 0.297 e. The molecule has 0 bridgehead atoms. The Morgan fingerprint density at radius 1 is 1.29 bits per heavy atom. The van der Waals surface area contributed by atoms with Crippen molar-refractivity contribution in [1.29, 1.82) is 0 Å². The third-order valence-corrected chi connectivity index (χ3v) is 1.80. The van der Waals surface area contributed by atoms with Gasteiger partial charge in [-0.1, -0.05) is 42.0 Å². The Morgan fingerprint density at radius 2 is 2.00 bits per heavy atom. The molecule has 0 amide bonds. The van der Waals surface area contributed by atoms with Gasteiger partial charge in [0.15, 0.2) is 0 Å². The maximum Gasteiger partial charge on any atom is 0.0866 e. The molecule has 0 atom stereocenters. The summed E-state index contributed by atoms with van der Waals surface area (Å²) < 4.78 is 0. The average molecular weight is 191 g/mol. The van der Waals surface area contributed by atoms with E-state index in [2.05, 4.69) is 31.5 Å². The van der Waals surface area contributed by atoms with Gasteiger partial charge in [0.2, 0.25) is 0 Å². The minimum atomic E-state index is 0.620. The Balaban J connectivity index is 2.14. The van der Waals surface area contributed by atoms with Gasteiger partial charge in [0.1, 0.15) is 0 Å². The van der Waals surface area contributed by atoms with Gasteiger partial charge in [-0.15, -0.1) is 0 Å². The van der Waals surface area contributed by atoms with Crippen molar-refractivity contribution < 1.29 is 4.84 Å². The van der Waals surface area contributed by atoms with Crippen LogP contribution in [0, 0.1) is 0 Å². The molecule has 0 aliphatic heterocycles. The second-order valence-corrected chi connectivity index (χ2v) is 3.40. The van der Waals surface area contributed by atoms with E-state index in [1.165, 1.54) is 11.1 Å². The number of allylic oxidation sites excluding steroid dienone is 1. The van der Waals surface area contributed by atoms with Crippen molar-refractivity contribution in [3.8, 4) is 0 Å². The Morgan fingerprint density at radius 3 is 2.64 bits per heavy atom. The molecule has 0 aliphatic carbocycles. The summed E-state index contributed by atoms with van der Waals surface area (Å²) in [5.74, 6) is 0. The quantitative estimate of drug-likeness (QED) is 0.439. The van der Waals surface area contributed by atoms with Crippen molar-refractivity contribution in [2.75, 3.05) is 6.61 Å². The van der Waals surface area contributed by atoms with Gasteiger partial charge in [-0.3, -0.25) is 4.84 Å². The molecule has 0 aromatic heterocycles. The second kappa shape index (κ2) is 6.35. The summed E-state index contributed by atoms with van der Waals surface area (Å²) in [4.78, 5) is 5.22. The first-order valence-corrected chi connectivity index (χ1v) is 4.81. The second-order valence-electron chi connectivity index (χ2n) is 3.40. The van der Waals surface area contributed by atoms with Crippen molar-refractivity contribution in [3.05, 3.63) is 47.5 Å². The van der Waals surface area contributed by atoms with Crippen molar-refractivity contribution in [3.63, 3.8) is 0 Å². The van der Waals surface area contributed by atoms with Gasteiger partial charge < -0.3 is 0 Å². The van der Waals surface area contributed by atoms with Crippen LogP contribution in [0.1, 0.15) is 19.4 Å². The lowest BCUT2D eigenvalue weighted by atomic mass is 10.2. The van der Waals surface area contributed by atoms with Crippen LogP contribution in [0.25, 0.3) is 0 Å². The van der Waals surface area contributed by atoms with Gasteiger partial charge in [0.05, 0.1) is 6.61 Å². The summed E-state index contributed by atoms with van der Waals surface area (Å²) in [5.41, 5.74) is 5.41.